The van der Waals surface area contributed by atoms with Gasteiger partial charge in [0.2, 0.25) is 0 Å². The molecule has 0 unspecified atom stereocenters. The number of methoxy groups -OCH3 is 1. The summed E-state index contributed by atoms with van der Waals surface area (Å²) in [6.45, 7) is 4.93. The normalized spacial score (nSPS) is 15.1. The minimum atomic E-state index is 0. The summed E-state index contributed by atoms with van der Waals surface area (Å²) in [5.41, 5.74) is 0.719. The van der Waals surface area contributed by atoms with E-state index < -0.39 is 0 Å². The van der Waals surface area contributed by atoms with E-state index in [2.05, 4.69) is 12.2 Å². The Morgan fingerprint density at radius 2 is 2.10 bits per heavy atom. The van der Waals surface area contributed by atoms with Gasteiger partial charge in [-0.25, -0.2) is 0 Å². The smallest absolute Gasteiger partial charge is 0.254 e. The molecule has 1 amide bonds. The first kappa shape index (κ1) is 17.8. The average molecular weight is 313 g/mol. The molecule has 1 fully saturated rings. The Morgan fingerprint density at radius 1 is 1.38 bits per heavy atom. The highest BCUT2D eigenvalue weighted by Gasteiger charge is 2.25. The molecule has 0 bridgehead atoms. The van der Waals surface area contributed by atoms with Crippen LogP contribution in [0, 0.1) is 0 Å². The topological polar surface area (TPSA) is 41.6 Å². The van der Waals surface area contributed by atoms with Gasteiger partial charge in [0.15, 0.2) is 0 Å². The summed E-state index contributed by atoms with van der Waals surface area (Å²) < 4.78 is 5.21. The second-order valence-electron chi connectivity index (χ2n) is 5.21. The Labute approximate surface area is 133 Å². The molecule has 0 radical (unpaired) electrons. The monoisotopic (exact) mass is 312 g/mol. The van der Waals surface area contributed by atoms with E-state index in [0.29, 0.717) is 6.04 Å². The van der Waals surface area contributed by atoms with Gasteiger partial charge in [0.1, 0.15) is 5.75 Å². The number of hydrogen-bond donors (Lipinski definition) is 1. The first-order valence-corrected chi connectivity index (χ1v) is 7.42. The molecule has 4 nitrogen and oxygen atoms in total. The number of halogens is 1. The third kappa shape index (κ3) is 4.61. The van der Waals surface area contributed by atoms with Crippen LogP contribution in [0.25, 0.3) is 0 Å². The van der Waals surface area contributed by atoms with Crippen LogP contribution >= 0.6 is 12.4 Å². The summed E-state index contributed by atoms with van der Waals surface area (Å²) in [5.74, 6) is 0.857. The standard InChI is InChI=1S/C16H24N2O2.ClH/c1-3-11-18(14-7-9-17-10-8-14)16(19)13-5-4-6-15(12-13)20-2;/h4-6,12,14,17H,3,7-11H2,1-2H3;1H. The Morgan fingerprint density at radius 3 is 2.71 bits per heavy atom. The van der Waals surface area contributed by atoms with Gasteiger partial charge in [0.25, 0.3) is 5.91 Å². The third-order valence-corrected chi connectivity index (χ3v) is 3.79. The first-order chi connectivity index (χ1) is 9.76. The lowest BCUT2D eigenvalue weighted by Crippen LogP contribution is -2.46. The van der Waals surface area contributed by atoms with E-state index in [1.54, 1.807) is 7.11 Å². The molecule has 1 aromatic rings. The lowest BCUT2D eigenvalue weighted by molar-refractivity contribution is 0.0642. The molecule has 1 aliphatic heterocycles. The molecule has 1 heterocycles. The van der Waals surface area contributed by atoms with E-state index in [0.717, 1.165) is 50.2 Å². The van der Waals surface area contributed by atoms with E-state index in [1.165, 1.54) is 0 Å². The van der Waals surface area contributed by atoms with Crippen molar-refractivity contribution in [3.63, 3.8) is 0 Å². The highest BCUT2D eigenvalue weighted by Crippen LogP contribution is 2.19. The predicted molar refractivity (Wildman–Crippen MR) is 87.5 cm³/mol. The molecule has 2 rings (SSSR count). The second-order valence-corrected chi connectivity index (χ2v) is 5.21. The van der Waals surface area contributed by atoms with Crippen LogP contribution in [0.1, 0.15) is 36.5 Å². The third-order valence-electron chi connectivity index (χ3n) is 3.79. The average Bonchev–Trinajstić information content (AvgIpc) is 2.53. The first-order valence-electron chi connectivity index (χ1n) is 7.42. The van der Waals surface area contributed by atoms with Crippen LogP contribution in [-0.4, -0.2) is 43.6 Å². The van der Waals surface area contributed by atoms with Crippen LogP contribution in [0.3, 0.4) is 0 Å². The number of amides is 1. The predicted octanol–water partition coefficient (Wildman–Crippen LogP) is 2.72. The maximum atomic E-state index is 12.8. The lowest BCUT2D eigenvalue weighted by Gasteiger charge is -2.34. The highest BCUT2D eigenvalue weighted by atomic mass is 35.5. The molecular weight excluding hydrogens is 288 g/mol. The van der Waals surface area contributed by atoms with Gasteiger partial charge >= 0.3 is 0 Å². The molecular formula is C16H25ClN2O2. The fourth-order valence-electron chi connectivity index (χ4n) is 2.73. The number of piperidine rings is 1. The minimum absolute atomic E-state index is 0. The van der Waals surface area contributed by atoms with E-state index in [9.17, 15) is 4.79 Å². The van der Waals surface area contributed by atoms with Crippen molar-refractivity contribution in [2.45, 2.75) is 32.2 Å². The number of carbonyl (C=O) groups excluding carboxylic acids is 1. The molecule has 0 spiro atoms. The van der Waals surface area contributed by atoms with Crippen molar-refractivity contribution in [1.29, 1.82) is 0 Å². The van der Waals surface area contributed by atoms with E-state index in [-0.39, 0.29) is 18.3 Å². The van der Waals surface area contributed by atoms with Gasteiger partial charge in [-0.3, -0.25) is 4.79 Å². The molecule has 0 saturated carbocycles. The van der Waals surface area contributed by atoms with Crippen LogP contribution in [0.15, 0.2) is 24.3 Å². The Bertz CT molecular complexity index is 448. The maximum absolute atomic E-state index is 12.8. The number of ether oxygens (including phenoxy) is 1. The number of nitrogens with zero attached hydrogens (tertiary/aromatic N) is 1. The number of nitrogens with one attached hydrogen (secondary N) is 1. The van der Waals surface area contributed by atoms with Crippen molar-refractivity contribution in [2.75, 3.05) is 26.7 Å². The number of carbonyl (C=O) groups is 1. The van der Waals surface area contributed by atoms with Crippen molar-refractivity contribution in [1.82, 2.24) is 10.2 Å². The molecule has 0 aliphatic carbocycles. The van der Waals surface area contributed by atoms with Gasteiger partial charge in [0.05, 0.1) is 7.11 Å². The largest absolute Gasteiger partial charge is 0.497 e. The van der Waals surface area contributed by atoms with Crippen molar-refractivity contribution in [3.05, 3.63) is 29.8 Å². The molecule has 0 aromatic heterocycles. The summed E-state index contributed by atoms with van der Waals surface area (Å²) in [5, 5.41) is 3.35. The molecule has 1 aromatic carbocycles. The van der Waals surface area contributed by atoms with Gasteiger partial charge in [-0.05, 0) is 50.6 Å². The van der Waals surface area contributed by atoms with Gasteiger partial charge in [-0.1, -0.05) is 13.0 Å². The van der Waals surface area contributed by atoms with Crippen LogP contribution < -0.4 is 10.1 Å². The number of rotatable bonds is 5. The highest BCUT2D eigenvalue weighted by molar-refractivity contribution is 5.94. The molecule has 0 atom stereocenters. The van der Waals surface area contributed by atoms with E-state index in [4.69, 9.17) is 4.74 Å². The van der Waals surface area contributed by atoms with Crippen molar-refractivity contribution >= 4 is 18.3 Å². The molecule has 1 N–H and O–H groups in total. The quantitative estimate of drug-likeness (QED) is 0.909. The second kappa shape index (κ2) is 8.90. The lowest BCUT2D eigenvalue weighted by atomic mass is 10.0. The van der Waals surface area contributed by atoms with E-state index in [1.807, 2.05) is 29.2 Å². The molecule has 1 saturated heterocycles. The molecule has 118 valence electrons. The Kier molecular flexibility index (Phi) is 7.54. The van der Waals surface area contributed by atoms with Crippen molar-refractivity contribution in [2.24, 2.45) is 0 Å². The SMILES string of the molecule is CCCN(C(=O)c1cccc(OC)c1)C1CCNCC1.Cl. The van der Waals surface area contributed by atoms with Crippen LogP contribution in [-0.2, 0) is 0 Å². The van der Waals surface area contributed by atoms with Gasteiger partial charge in [0, 0.05) is 18.2 Å². The summed E-state index contributed by atoms with van der Waals surface area (Å²) in [6, 6.07) is 7.79. The van der Waals surface area contributed by atoms with Gasteiger partial charge < -0.3 is 15.0 Å². The zero-order chi connectivity index (χ0) is 14.4. The fraction of sp³-hybridized carbons (Fsp3) is 0.562. The summed E-state index contributed by atoms with van der Waals surface area (Å²) in [6.07, 6.45) is 3.06. The molecule has 21 heavy (non-hydrogen) atoms. The molecule has 1 aliphatic rings. The zero-order valence-electron chi connectivity index (χ0n) is 12.8. The zero-order valence-corrected chi connectivity index (χ0v) is 13.6. The minimum Gasteiger partial charge on any atom is -0.497 e. The summed E-state index contributed by atoms with van der Waals surface area (Å²) in [4.78, 5) is 14.8. The van der Waals surface area contributed by atoms with Gasteiger partial charge in [-0.15, -0.1) is 12.4 Å². The summed E-state index contributed by atoms with van der Waals surface area (Å²) >= 11 is 0. The van der Waals surface area contributed by atoms with Crippen LogP contribution in [0.4, 0.5) is 0 Å². The Hall–Kier alpha value is -1.26. The van der Waals surface area contributed by atoms with Crippen molar-refractivity contribution < 1.29 is 9.53 Å². The van der Waals surface area contributed by atoms with Crippen LogP contribution in [0.5, 0.6) is 5.75 Å². The number of hydrogen-bond acceptors (Lipinski definition) is 3. The maximum Gasteiger partial charge on any atom is 0.254 e. The Balaban J connectivity index is 0.00000220. The molecule has 5 heteroatoms. The van der Waals surface area contributed by atoms with Crippen LogP contribution in [0.2, 0.25) is 0 Å². The van der Waals surface area contributed by atoms with E-state index >= 15 is 0 Å². The summed E-state index contributed by atoms with van der Waals surface area (Å²) in [7, 11) is 1.63. The fourth-order valence-corrected chi connectivity index (χ4v) is 2.73. The van der Waals surface area contributed by atoms with Gasteiger partial charge in [-0.2, -0.15) is 0 Å². The number of benzene rings is 1. The van der Waals surface area contributed by atoms with Crippen molar-refractivity contribution in [3.8, 4) is 5.75 Å².